The van der Waals surface area contributed by atoms with E-state index in [2.05, 4.69) is 24.4 Å². The molecule has 0 aromatic heterocycles. The normalized spacial score (nSPS) is 21.4. The maximum atomic E-state index is 5.78. The van der Waals surface area contributed by atoms with Gasteiger partial charge in [0.2, 0.25) is 0 Å². The van der Waals surface area contributed by atoms with Crippen LogP contribution in [0.25, 0.3) is 0 Å². The van der Waals surface area contributed by atoms with Crippen molar-refractivity contribution in [2.45, 2.75) is 23.5 Å². The van der Waals surface area contributed by atoms with Crippen molar-refractivity contribution >= 4 is 17.4 Å². The van der Waals surface area contributed by atoms with Crippen LogP contribution in [0.4, 0.5) is 5.69 Å². The van der Waals surface area contributed by atoms with Crippen molar-refractivity contribution in [3.05, 3.63) is 23.8 Å². The second kappa shape index (κ2) is 4.24. The van der Waals surface area contributed by atoms with Crippen molar-refractivity contribution in [1.82, 2.24) is 5.32 Å². The van der Waals surface area contributed by atoms with E-state index < -0.39 is 0 Å². The Morgan fingerprint density at radius 3 is 3.00 bits per heavy atom. The summed E-state index contributed by atoms with van der Waals surface area (Å²) in [6.45, 7) is 4.35. The van der Waals surface area contributed by atoms with Crippen molar-refractivity contribution in [3.8, 4) is 0 Å². The lowest BCUT2D eigenvalue weighted by Crippen LogP contribution is -2.09. The zero-order valence-corrected chi connectivity index (χ0v) is 9.23. The van der Waals surface area contributed by atoms with Crippen LogP contribution in [-0.4, -0.2) is 18.3 Å². The fraction of sp³-hybridized carbons (Fsp3) is 0.455. The van der Waals surface area contributed by atoms with Gasteiger partial charge in [-0.05, 0) is 43.7 Å². The summed E-state index contributed by atoms with van der Waals surface area (Å²) in [5, 5.41) is 4.11. The number of nitrogens with two attached hydrogens (primary N) is 1. The van der Waals surface area contributed by atoms with Crippen molar-refractivity contribution in [2.24, 2.45) is 0 Å². The maximum Gasteiger partial charge on any atom is 0.0344 e. The summed E-state index contributed by atoms with van der Waals surface area (Å²) < 4.78 is 0. The van der Waals surface area contributed by atoms with Gasteiger partial charge in [-0.3, -0.25) is 0 Å². The van der Waals surface area contributed by atoms with Gasteiger partial charge in [0.25, 0.3) is 0 Å². The molecule has 1 aliphatic rings. The molecule has 1 unspecified atom stereocenters. The third kappa shape index (κ3) is 2.22. The van der Waals surface area contributed by atoms with Gasteiger partial charge < -0.3 is 11.1 Å². The van der Waals surface area contributed by atoms with E-state index in [0.29, 0.717) is 0 Å². The van der Waals surface area contributed by atoms with E-state index in [9.17, 15) is 0 Å². The van der Waals surface area contributed by atoms with E-state index in [1.54, 1.807) is 0 Å². The lowest BCUT2D eigenvalue weighted by atomic mass is 10.2. The quantitative estimate of drug-likeness (QED) is 0.730. The summed E-state index contributed by atoms with van der Waals surface area (Å²) >= 11 is 1.96. The Morgan fingerprint density at radius 2 is 2.36 bits per heavy atom. The molecular weight excluding hydrogens is 192 g/mol. The van der Waals surface area contributed by atoms with Crippen LogP contribution in [0, 0.1) is 6.92 Å². The highest BCUT2D eigenvalue weighted by Crippen LogP contribution is 2.28. The number of thioether (sulfide) groups is 1. The van der Waals surface area contributed by atoms with Crippen LogP contribution in [0.1, 0.15) is 12.0 Å². The SMILES string of the molecule is Cc1cc(SC2CCNC2)ccc1N. The third-order valence-electron chi connectivity index (χ3n) is 2.56. The Balaban J connectivity index is 2.05. The van der Waals surface area contributed by atoms with Gasteiger partial charge in [0.05, 0.1) is 0 Å². The number of rotatable bonds is 2. The van der Waals surface area contributed by atoms with E-state index in [-0.39, 0.29) is 0 Å². The van der Waals surface area contributed by atoms with Crippen molar-refractivity contribution in [1.29, 1.82) is 0 Å². The van der Waals surface area contributed by atoms with E-state index in [4.69, 9.17) is 5.73 Å². The molecule has 1 heterocycles. The largest absolute Gasteiger partial charge is 0.399 e. The van der Waals surface area contributed by atoms with Gasteiger partial charge in [-0.1, -0.05) is 0 Å². The minimum atomic E-state index is 0.734. The highest BCUT2D eigenvalue weighted by Gasteiger charge is 2.15. The summed E-state index contributed by atoms with van der Waals surface area (Å²) in [5.74, 6) is 0. The monoisotopic (exact) mass is 208 g/mol. The summed E-state index contributed by atoms with van der Waals surface area (Å²) in [5.41, 5.74) is 7.84. The maximum absolute atomic E-state index is 5.78. The van der Waals surface area contributed by atoms with Gasteiger partial charge in [-0.25, -0.2) is 0 Å². The van der Waals surface area contributed by atoms with Crippen LogP contribution >= 0.6 is 11.8 Å². The number of nitrogen functional groups attached to an aromatic ring is 1. The summed E-state index contributed by atoms with van der Waals surface area (Å²) in [7, 11) is 0. The fourth-order valence-electron chi connectivity index (χ4n) is 1.64. The van der Waals surface area contributed by atoms with E-state index in [1.807, 2.05) is 17.8 Å². The van der Waals surface area contributed by atoms with Crippen molar-refractivity contribution in [3.63, 3.8) is 0 Å². The molecule has 3 N–H and O–H groups in total. The fourth-order valence-corrected chi connectivity index (χ4v) is 2.86. The molecule has 76 valence electrons. The van der Waals surface area contributed by atoms with Gasteiger partial charge >= 0.3 is 0 Å². The van der Waals surface area contributed by atoms with E-state index in [1.165, 1.54) is 16.9 Å². The van der Waals surface area contributed by atoms with Gasteiger partial charge in [-0.2, -0.15) is 0 Å². The molecule has 0 spiro atoms. The molecule has 2 rings (SSSR count). The summed E-state index contributed by atoms with van der Waals surface area (Å²) in [6.07, 6.45) is 1.27. The lowest BCUT2D eigenvalue weighted by Gasteiger charge is -2.09. The molecule has 1 aromatic rings. The number of nitrogens with one attached hydrogen (secondary N) is 1. The second-order valence-corrected chi connectivity index (χ2v) is 5.12. The Bertz CT molecular complexity index is 319. The Kier molecular flexibility index (Phi) is 2.99. The average Bonchev–Trinajstić information content (AvgIpc) is 2.64. The zero-order chi connectivity index (χ0) is 9.97. The van der Waals surface area contributed by atoms with E-state index >= 15 is 0 Å². The zero-order valence-electron chi connectivity index (χ0n) is 8.42. The smallest absolute Gasteiger partial charge is 0.0344 e. The minimum Gasteiger partial charge on any atom is -0.399 e. The molecule has 3 heteroatoms. The first kappa shape index (κ1) is 9.87. The molecule has 1 saturated heterocycles. The molecule has 0 radical (unpaired) electrons. The standard InChI is InChI=1S/C11H16N2S/c1-8-6-9(2-3-11(8)12)14-10-4-5-13-7-10/h2-3,6,10,13H,4-5,7,12H2,1H3. The summed E-state index contributed by atoms with van der Waals surface area (Å²) in [4.78, 5) is 1.34. The summed E-state index contributed by atoms with van der Waals surface area (Å²) in [6, 6.07) is 6.30. The number of benzene rings is 1. The molecule has 0 bridgehead atoms. The predicted molar refractivity (Wildman–Crippen MR) is 62.7 cm³/mol. The molecule has 1 aliphatic heterocycles. The van der Waals surface area contributed by atoms with Gasteiger partial charge in [0.15, 0.2) is 0 Å². The van der Waals surface area contributed by atoms with Crippen LogP contribution in [-0.2, 0) is 0 Å². The van der Waals surface area contributed by atoms with Crippen LogP contribution in [0.2, 0.25) is 0 Å². The number of hydrogen-bond acceptors (Lipinski definition) is 3. The molecule has 0 amide bonds. The second-order valence-electron chi connectivity index (χ2n) is 3.75. The lowest BCUT2D eigenvalue weighted by molar-refractivity contribution is 0.858. The number of anilines is 1. The third-order valence-corrected chi connectivity index (χ3v) is 3.82. The number of hydrogen-bond donors (Lipinski definition) is 2. The van der Waals surface area contributed by atoms with Crippen molar-refractivity contribution < 1.29 is 0 Å². The molecule has 1 atom stereocenters. The van der Waals surface area contributed by atoms with Crippen LogP contribution in [0.15, 0.2) is 23.1 Å². The van der Waals surface area contributed by atoms with Crippen molar-refractivity contribution in [2.75, 3.05) is 18.8 Å². The first-order chi connectivity index (χ1) is 6.75. The van der Waals surface area contributed by atoms with Crippen LogP contribution in [0.5, 0.6) is 0 Å². The first-order valence-corrected chi connectivity index (χ1v) is 5.87. The molecule has 14 heavy (non-hydrogen) atoms. The topological polar surface area (TPSA) is 38.0 Å². The van der Waals surface area contributed by atoms with Crippen LogP contribution < -0.4 is 11.1 Å². The molecule has 1 fully saturated rings. The Hall–Kier alpha value is -0.670. The molecular formula is C11H16N2S. The number of aryl methyl sites for hydroxylation is 1. The van der Waals surface area contributed by atoms with Gasteiger partial charge in [0.1, 0.15) is 0 Å². The molecule has 0 saturated carbocycles. The predicted octanol–water partition coefficient (Wildman–Crippen LogP) is 2.03. The Morgan fingerprint density at radius 1 is 1.50 bits per heavy atom. The van der Waals surface area contributed by atoms with Gasteiger partial charge in [-0.15, -0.1) is 11.8 Å². The van der Waals surface area contributed by atoms with Gasteiger partial charge in [0, 0.05) is 22.4 Å². The highest BCUT2D eigenvalue weighted by atomic mass is 32.2. The minimum absolute atomic E-state index is 0.734. The van der Waals surface area contributed by atoms with Crippen LogP contribution in [0.3, 0.4) is 0 Å². The average molecular weight is 208 g/mol. The molecule has 0 aliphatic carbocycles. The first-order valence-electron chi connectivity index (χ1n) is 4.99. The highest BCUT2D eigenvalue weighted by molar-refractivity contribution is 8.00. The molecule has 1 aromatic carbocycles. The van der Waals surface area contributed by atoms with E-state index in [0.717, 1.165) is 24.0 Å². The molecule has 2 nitrogen and oxygen atoms in total. The Labute approximate surface area is 89.3 Å².